The van der Waals surface area contributed by atoms with Crippen molar-refractivity contribution in [1.82, 2.24) is 0 Å². The Balaban J connectivity index is 2.27. The summed E-state index contributed by atoms with van der Waals surface area (Å²) in [6, 6.07) is 11.7. The van der Waals surface area contributed by atoms with Crippen molar-refractivity contribution in [3.05, 3.63) is 53.6 Å². The smallest absolute Gasteiger partial charge is 0.261 e. The van der Waals surface area contributed by atoms with Gasteiger partial charge in [0.15, 0.2) is 0 Å². The number of nitrogens with zero attached hydrogens (tertiary/aromatic N) is 1. The first-order chi connectivity index (χ1) is 10.7. The molecule has 5 nitrogen and oxygen atoms in total. The maximum Gasteiger partial charge on any atom is 0.261 e. The van der Waals surface area contributed by atoms with Crippen LogP contribution in [0.3, 0.4) is 0 Å². The van der Waals surface area contributed by atoms with Crippen LogP contribution in [0.5, 0.6) is 0 Å². The molecule has 0 saturated heterocycles. The maximum atomic E-state index is 12.4. The van der Waals surface area contributed by atoms with Gasteiger partial charge in [-0.05, 0) is 61.4 Å². The van der Waals surface area contributed by atoms with E-state index in [1.54, 1.807) is 31.3 Å². The minimum atomic E-state index is -3.66. The molecular weight excluding hydrogens is 312 g/mol. The van der Waals surface area contributed by atoms with Crippen LogP contribution >= 0.6 is 0 Å². The lowest BCUT2D eigenvalue weighted by Crippen LogP contribution is -2.22. The van der Waals surface area contributed by atoms with Gasteiger partial charge in [0.05, 0.1) is 4.90 Å². The van der Waals surface area contributed by atoms with Crippen molar-refractivity contribution in [2.24, 2.45) is 0 Å². The molecule has 0 fully saturated rings. The third kappa shape index (κ3) is 4.10. The molecule has 0 aliphatic rings. The normalized spacial score (nSPS) is 11.1. The standard InChI is InChI=1S/C17H20N2O3S/c1-12-9-13(2)11-15(10-12)18-23(21,22)17-7-5-16(6-8-17)19(4)14(3)20/h5-11,18H,1-4H3. The third-order valence-electron chi connectivity index (χ3n) is 3.48. The Morgan fingerprint density at radius 1 is 1.00 bits per heavy atom. The molecule has 0 saturated carbocycles. The summed E-state index contributed by atoms with van der Waals surface area (Å²) in [7, 11) is -2.02. The van der Waals surface area contributed by atoms with Gasteiger partial charge in [0.25, 0.3) is 10.0 Å². The van der Waals surface area contributed by atoms with Crippen molar-refractivity contribution < 1.29 is 13.2 Å². The van der Waals surface area contributed by atoms with Crippen LogP contribution in [-0.4, -0.2) is 21.4 Å². The zero-order chi connectivity index (χ0) is 17.2. The van der Waals surface area contributed by atoms with Gasteiger partial charge in [-0.25, -0.2) is 8.42 Å². The lowest BCUT2D eigenvalue weighted by atomic mass is 10.1. The Morgan fingerprint density at radius 2 is 1.52 bits per heavy atom. The highest BCUT2D eigenvalue weighted by Gasteiger charge is 2.15. The van der Waals surface area contributed by atoms with E-state index < -0.39 is 10.0 Å². The van der Waals surface area contributed by atoms with E-state index in [1.165, 1.54) is 24.0 Å². The van der Waals surface area contributed by atoms with Gasteiger partial charge in [-0.15, -0.1) is 0 Å². The lowest BCUT2D eigenvalue weighted by molar-refractivity contribution is -0.116. The van der Waals surface area contributed by atoms with Crippen LogP contribution in [0.25, 0.3) is 0 Å². The second-order valence-electron chi connectivity index (χ2n) is 5.55. The number of rotatable bonds is 4. The summed E-state index contributed by atoms with van der Waals surface area (Å²) in [6.07, 6.45) is 0. The molecule has 0 aliphatic carbocycles. The molecule has 23 heavy (non-hydrogen) atoms. The zero-order valence-corrected chi connectivity index (χ0v) is 14.4. The van der Waals surface area contributed by atoms with Crippen LogP contribution in [-0.2, 0) is 14.8 Å². The van der Waals surface area contributed by atoms with Gasteiger partial charge in [-0.2, -0.15) is 0 Å². The summed E-state index contributed by atoms with van der Waals surface area (Å²) in [5, 5.41) is 0. The molecule has 122 valence electrons. The van der Waals surface area contributed by atoms with Crippen LogP contribution in [0.1, 0.15) is 18.1 Å². The Labute approximate surface area is 137 Å². The molecule has 0 spiro atoms. The summed E-state index contributed by atoms with van der Waals surface area (Å²) >= 11 is 0. The molecule has 2 aromatic carbocycles. The highest BCUT2D eigenvalue weighted by molar-refractivity contribution is 7.92. The molecule has 2 rings (SSSR count). The number of hydrogen-bond acceptors (Lipinski definition) is 3. The lowest BCUT2D eigenvalue weighted by Gasteiger charge is -2.15. The largest absolute Gasteiger partial charge is 0.316 e. The summed E-state index contributed by atoms with van der Waals surface area (Å²) in [6.45, 7) is 5.28. The Kier molecular flexibility index (Phi) is 4.75. The van der Waals surface area contributed by atoms with E-state index in [9.17, 15) is 13.2 Å². The van der Waals surface area contributed by atoms with Crippen molar-refractivity contribution in [2.45, 2.75) is 25.7 Å². The first-order valence-electron chi connectivity index (χ1n) is 7.14. The first-order valence-corrected chi connectivity index (χ1v) is 8.63. The van der Waals surface area contributed by atoms with Gasteiger partial charge in [-0.3, -0.25) is 9.52 Å². The van der Waals surface area contributed by atoms with E-state index >= 15 is 0 Å². The second-order valence-corrected chi connectivity index (χ2v) is 7.24. The number of nitrogens with one attached hydrogen (secondary N) is 1. The molecule has 0 aromatic heterocycles. The number of hydrogen-bond donors (Lipinski definition) is 1. The molecule has 0 radical (unpaired) electrons. The van der Waals surface area contributed by atoms with E-state index in [4.69, 9.17) is 0 Å². The summed E-state index contributed by atoms with van der Waals surface area (Å²) in [5.41, 5.74) is 3.15. The Bertz CT molecular complexity index is 807. The van der Waals surface area contributed by atoms with E-state index in [1.807, 2.05) is 19.9 Å². The number of carbonyl (C=O) groups excluding carboxylic acids is 1. The number of anilines is 2. The minimum absolute atomic E-state index is 0.117. The fourth-order valence-electron chi connectivity index (χ4n) is 2.28. The number of amides is 1. The van der Waals surface area contributed by atoms with Gasteiger partial charge in [0.1, 0.15) is 0 Å². The molecular formula is C17H20N2O3S. The molecule has 0 atom stereocenters. The SMILES string of the molecule is CC(=O)N(C)c1ccc(S(=O)(=O)Nc2cc(C)cc(C)c2)cc1. The van der Waals surface area contributed by atoms with E-state index in [0.717, 1.165) is 11.1 Å². The number of aryl methyl sites for hydroxylation is 2. The molecule has 1 amide bonds. The monoisotopic (exact) mass is 332 g/mol. The molecule has 1 N–H and O–H groups in total. The van der Waals surface area contributed by atoms with E-state index in [2.05, 4.69) is 4.72 Å². The van der Waals surface area contributed by atoms with Crippen molar-refractivity contribution in [1.29, 1.82) is 0 Å². The van der Waals surface area contributed by atoms with Gasteiger partial charge >= 0.3 is 0 Å². The van der Waals surface area contributed by atoms with Crippen LogP contribution in [0, 0.1) is 13.8 Å². The van der Waals surface area contributed by atoms with Gasteiger partial charge in [-0.1, -0.05) is 6.07 Å². The molecule has 6 heteroatoms. The quantitative estimate of drug-likeness (QED) is 0.935. The number of benzene rings is 2. The Morgan fingerprint density at radius 3 is 2.00 bits per heavy atom. The molecule has 0 heterocycles. The average molecular weight is 332 g/mol. The molecule has 0 aliphatic heterocycles. The zero-order valence-electron chi connectivity index (χ0n) is 13.6. The topological polar surface area (TPSA) is 66.5 Å². The molecule has 0 bridgehead atoms. The van der Waals surface area contributed by atoms with Crippen LogP contribution in [0.4, 0.5) is 11.4 Å². The van der Waals surface area contributed by atoms with E-state index in [-0.39, 0.29) is 10.8 Å². The van der Waals surface area contributed by atoms with E-state index in [0.29, 0.717) is 11.4 Å². The second kappa shape index (κ2) is 6.42. The number of sulfonamides is 1. The first kappa shape index (κ1) is 17.0. The predicted octanol–water partition coefficient (Wildman–Crippen LogP) is 3.09. The summed E-state index contributed by atoms with van der Waals surface area (Å²) in [5.74, 6) is -0.117. The fourth-order valence-corrected chi connectivity index (χ4v) is 3.32. The fraction of sp³-hybridized carbons (Fsp3) is 0.235. The van der Waals surface area contributed by atoms with Gasteiger partial charge in [0, 0.05) is 25.3 Å². The van der Waals surface area contributed by atoms with Crippen molar-refractivity contribution in [3.8, 4) is 0 Å². The minimum Gasteiger partial charge on any atom is -0.316 e. The van der Waals surface area contributed by atoms with Crippen molar-refractivity contribution in [2.75, 3.05) is 16.7 Å². The highest BCUT2D eigenvalue weighted by atomic mass is 32.2. The average Bonchev–Trinajstić information content (AvgIpc) is 2.45. The molecule has 0 unspecified atom stereocenters. The van der Waals surface area contributed by atoms with Crippen LogP contribution in [0.2, 0.25) is 0 Å². The summed E-state index contributed by atoms with van der Waals surface area (Å²) in [4.78, 5) is 12.9. The van der Waals surface area contributed by atoms with Crippen molar-refractivity contribution in [3.63, 3.8) is 0 Å². The van der Waals surface area contributed by atoms with Crippen LogP contribution < -0.4 is 9.62 Å². The van der Waals surface area contributed by atoms with Crippen LogP contribution in [0.15, 0.2) is 47.4 Å². The predicted molar refractivity (Wildman–Crippen MR) is 92.3 cm³/mol. The van der Waals surface area contributed by atoms with Gasteiger partial charge < -0.3 is 4.90 Å². The Hall–Kier alpha value is -2.34. The highest BCUT2D eigenvalue weighted by Crippen LogP contribution is 2.21. The van der Waals surface area contributed by atoms with Crippen molar-refractivity contribution >= 4 is 27.3 Å². The third-order valence-corrected chi connectivity index (χ3v) is 4.88. The molecule has 2 aromatic rings. The van der Waals surface area contributed by atoms with Gasteiger partial charge in [0.2, 0.25) is 5.91 Å². The number of carbonyl (C=O) groups is 1. The maximum absolute atomic E-state index is 12.4. The summed E-state index contributed by atoms with van der Waals surface area (Å²) < 4.78 is 27.5.